The van der Waals surface area contributed by atoms with Gasteiger partial charge in [0.15, 0.2) is 5.82 Å². The van der Waals surface area contributed by atoms with Gasteiger partial charge in [0.1, 0.15) is 0 Å². The summed E-state index contributed by atoms with van der Waals surface area (Å²) in [4.78, 5) is 16.7. The van der Waals surface area contributed by atoms with Crippen LogP contribution >= 0.6 is 0 Å². The summed E-state index contributed by atoms with van der Waals surface area (Å²) in [6.07, 6.45) is 8.23. The van der Waals surface area contributed by atoms with Crippen molar-refractivity contribution in [3.8, 4) is 0 Å². The first-order valence-corrected chi connectivity index (χ1v) is 9.25. The van der Waals surface area contributed by atoms with E-state index in [0.717, 1.165) is 37.2 Å². The van der Waals surface area contributed by atoms with Crippen molar-refractivity contribution in [3.05, 3.63) is 41.5 Å². The summed E-state index contributed by atoms with van der Waals surface area (Å²) in [5.41, 5.74) is 1.63. The number of anilines is 1. The Balaban J connectivity index is 1.29. The average molecular weight is 340 g/mol. The second-order valence-corrected chi connectivity index (χ2v) is 7.06. The SMILES string of the molecule is O=C(NC1CCCCC1)c1ccc(NCc2nc(C3CC3)no2)cc1. The van der Waals surface area contributed by atoms with Crippen LogP contribution in [-0.2, 0) is 6.54 Å². The molecule has 2 saturated carbocycles. The Kier molecular flexibility index (Phi) is 4.68. The van der Waals surface area contributed by atoms with Crippen LogP contribution in [0.4, 0.5) is 5.69 Å². The molecule has 1 aromatic carbocycles. The van der Waals surface area contributed by atoms with Crippen LogP contribution < -0.4 is 10.6 Å². The van der Waals surface area contributed by atoms with Crippen LogP contribution in [0.5, 0.6) is 0 Å². The third-order valence-corrected chi connectivity index (χ3v) is 4.96. The Hall–Kier alpha value is -2.37. The molecule has 6 nitrogen and oxygen atoms in total. The second-order valence-electron chi connectivity index (χ2n) is 7.06. The normalized spacial score (nSPS) is 18.1. The Labute approximate surface area is 147 Å². The van der Waals surface area contributed by atoms with E-state index in [1.807, 2.05) is 24.3 Å². The molecule has 0 bridgehead atoms. The molecule has 2 aliphatic rings. The molecule has 0 saturated heterocycles. The van der Waals surface area contributed by atoms with Crippen LogP contribution in [0.15, 0.2) is 28.8 Å². The van der Waals surface area contributed by atoms with Crippen LogP contribution in [0.3, 0.4) is 0 Å². The molecule has 1 aromatic heterocycles. The second kappa shape index (κ2) is 7.25. The van der Waals surface area contributed by atoms with E-state index in [1.54, 1.807) is 0 Å². The lowest BCUT2D eigenvalue weighted by Crippen LogP contribution is -2.36. The van der Waals surface area contributed by atoms with E-state index in [-0.39, 0.29) is 5.91 Å². The number of aromatic nitrogens is 2. The molecule has 0 unspecified atom stereocenters. The van der Waals surface area contributed by atoms with E-state index in [2.05, 4.69) is 20.8 Å². The molecule has 1 amide bonds. The van der Waals surface area contributed by atoms with Crippen LogP contribution in [0.2, 0.25) is 0 Å². The number of nitrogens with one attached hydrogen (secondary N) is 2. The van der Waals surface area contributed by atoms with Crippen molar-refractivity contribution in [2.45, 2.75) is 63.5 Å². The zero-order valence-electron chi connectivity index (χ0n) is 14.3. The summed E-state index contributed by atoms with van der Waals surface area (Å²) in [5, 5.41) is 10.4. The topological polar surface area (TPSA) is 80.0 Å². The molecule has 132 valence electrons. The summed E-state index contributed by atoms with van der Waals surface area (Å²) in [6, 6.07) is 7.85. The number of carbonyl (C=O) groups is 1. The van der Waals surface area contributed by atoms with E-state index in [0.29, 0.717) is 30.0 Å². The summed E-state index contributed by atoms with van der Waals surface area (Å²) in [7, 11) is 0. The highest BCUT2D eigenvalue weighted by Crippen LogP contribution is 2.38. The number of carbonyl (C=O) groups excluding carboxylic acids is 1. The number of nitrogens with zero attached hydrogens (tertiary/aromatic N) is 2. The fraction of sp³-hybridized carbons (Fsp3) is 0.526. The van der Waals surface area contributed by atoms with E-state index in [1.165, 1.54) is 19.3 Å². The molecule has 1 heterocycles. The van der Waals surface area contributed by atoms with Crippen molar-refractivity contribution in [1.29, 1.82) is 0 Å². The lowest BCUT2D eigenvalue weighted by molar-refractivity contribution is 0.0927. The minimum absolute atomic E-state index is 0.0180. The van der Waals surface area contributed by atoms with Gasteiger partial charge in [0.25, 0.3) is 5.91 Å². The summed E-state index contributed by atoms with van der Waals surface area (Å²) in [6.45, 7) is 0.493. The number of rotatable bonds is 6. The molecule has 0 radical (unpaired) electrons. The molecule has 2 N–H and O–H groups in total. The predicted octanol–water partition coefficient (Wildman–Crippen LogP) is 3.62. The fourth-order valence-corrected chi connectivity index (χ4v) is 3.28. The minimum Gasteiger partial charge on any atom is -0.376 e. The molecular formula is C19H24N4O2. The van der Waals surface area contributed by atoms with Crippen LogP contribution in [0, 0.1) is 0 Å². The highest BCUT2D eigenvalue weighted by molar-refractivity contribution is 5.94. The van der Waals surface area contributed by atoms with Crippen molar-refractivity contribution in [2.24, 2.45) is 0 Å². The molecule has 0 spiro atoms. The van der Waals surface area contributed by atoms with E-state index in [9.17, 15) is 4.79 Å². The fourth-order valence-electron chi connectivity index (χ4n) is 3.28. The lowest BCUT2D eigenvalue weighted by atomic mass is 9.95. The van der Waals surface area contributed by atoms with Crippen molar-refractivity contribution in [3.63, 3.8) is 0 Å². The van der Waals surface area contributed by atoms with Crippen molar-refractivity contribution in [2.75, 3.05) is 5.32 Å². The maximum absolute atomic E-state index is 12.3. The molecule has 2 fully saturated rings. The van der Waals surface area contributed by atoms with Gasteiger partial charge in [0.2, 0.25) is 5.89 Å². The number of benzene rings is 1. The van der Waals surface area contributed by atoms with Crippen molar-refractivity contribution < 1.29 is 9.32 Å². The van der Waals surface area contributed by atoms with Crippen LogP contribution in [0.1, 0.15) is 72.9 Å². The van der Waals surface area contributed by atoms with Crippen LogP contribution in [0.25, 0.3) is 0 Å². The van der Waals surface area contributed by atoms with Gasteiger partial charge in [0.05, 0.1) is 6.54 Å². The van der Waals surface area contributed by atoms with Gasteiger partial charge < -0.3 is 15.2 Å². The molecule has 2 aliphatic carbocycles. The van der Waals surface area contributed by atoms with Gasteiger partial charge >= 0.3 is 0 Å². The third kappa shape index (κ3) is 4.18. The monoisotopic (exact) mass is 340 g/mol. The molecule has 2 aromatic rings. The van der Waals surface area contributed by atoms with Crippen molar-refractivity contribution >= 4 is 11.6 Å². The Morgan fingerprint density at radius 1 is 1.08 bits per heavy atom. The molecular weight excluding hydrogens is 316 g/mol. The number of amides is 1. The van der Waals surface area contributed by atoms with E-state index < -0.39 is 0 Å². The molecule has 0 atom stereocenters. The zero-order chi connectivity index (χ0) is 17.1. The minimum atomic E-state index is 0.0180. The third-order valence-electron chi connectivity index (χ3n) is 4.96. The standard InChI is InChI=1S/C19H24N4O2/c24-19(21-16-4-2-1-3-5-16)14-8-10-15(11-9-14)20-12-17-22-18(23-25-17)13-6-7-13/h8-11,13,16,20H,1-7,12H2,(H,21,24). The van der Waals surface area contributed by atoms with Crippen molar-refractivity contribution in [1.82, 2.24) is 15.5 Å². The predicted molar refractivity (Wildman–Crippen MR) is 94.4 cm³/mol. The molecule has 25 heavy (non-hydrogen) atoms. The number of hydrogen-bond acceptors (Lipinski definition) is 5. The largest absolute Gasteiger partial charge is 0.376 e. The average Bonchev–Trinajstić information content (AvgIpc) is 3.39. The molecule has 6 heteroatoms. The first kappa shape index (κ1) is 16.1. The first-order chi connectivity index (χ1) is 12.3. The number of hydrogen-bond donors (Lipinski definition) is 2. The van der Waals surface area contributed by atoms with Gasteiger partial charge in [-0.15, -0.1) is 0 Å². The zero-order valence-corrected chi connectivity index (χ0v) is 14.3. The van der Waals surface area contributed by atoms with E-state index >= 15 is 0 Å². The van der Waals surface area contributed by atoms with Gasteiger partial charge in [-0.3, -0.25) is 4.79 Å². The summed E-state index contributed by atoms with van der Waals surface area (Å²) >= 11 is 0. The highest BCUT2D eigenvalue weighted by Gasteiger charge is 2.28. The smallest absolute Gasteiger partial charge is 0.251 e. The lowest BCUT2D eigenvalue weighted by Gasteiger charge is -2.22. The maximum atomic E-state index is 12.3. The Morgan fingerprint density at radius 2 is 1.84 bits per heavy atom. The first-order valence-electron chi connectivity index (χ1n) is 9.25. The maximum Gasteiger partial charge on any atom is 0.251 e. The van der Waals surface area contributed by atoms with Gasteiger partial charge in [-0.2, -0.15) is 4.98 Å². The Bertz CT molecular complexity index is 715. The highest BCUT2D eigenvalue weighted by atomic mass is 16.5. The van der Waals surface area contributed by atoms with Crippen LogP contribution in [-0.4, -0.2) is 22.1 Å². The summed E-state index contributed by atoms with van der Waals surface area (Å²) in [5.74, 6) is 1.94. The van der Waals surface area contributed by atoms with Gasteiger partial charge in [-0.1, -0.05) is 24.4 Å². The Morgan fingerprint density at radius 3 is 2.56 bits per heavy atom. The van der Waals surface area contributed by atoms with E-state index in [4.69, 9.17) is 4.52 Å². The molecule has 0 aliphatic heterocycles. The van der Waals surface area contributed by atoms with Gasteiger partial charge in [-0.25, -0.2) is 0 Å². The quantitative estimate of drug-likeness (QED) is 0.839. The van der Waals surface area contributed by atoms with Gasteiger partial charge in [0, 0.05) is 23.2 Å². The summed E-state index contributed by atoms with van der Waals surface area (Å²) < 4.78 is 5.25. The molecule has 4 rings (SSSR count). The van der Waals surface area contributed by atoms with Gasteiger partial charge in [-0.05, 0) is 49.9 Å².